The van der Waals surface area contributed by atoms with E-state index in [-0.39, 0.29) is 17.4 Å². The van der Waals surface area contributed by atoms with Crippen LogP contribution in [0.4, 0.5) is 0 Å². The van der Waals surface area contributed by atoms with Crippen LogP contribution in [0.25, 0.3) is 0 Å². The average molecular weight is 292 g/mol. The molecular weight excluding hydrogens is 264 g/mol. The fourth-order valence-electron chi connectivity index (χ4n) is 1.79. The van der Waals surface area contributed by atoms with Crippen LogP contribution in [0.1, 0.15) is 32.8 Å². The van der Waals surface area contributed by atoms with Gasteiger partial charge >= 0.3 is 0 Å². The zero-order valence-corrected chi connectivity index (χ0v) is 13.8. The molecular formula is C17H28N2O2. The summed E-state index contributed by atoms with van der Waals surface area (Å²) in [6, 6.07) is 7.73. The van der Waals surface area contributed by atoms with Gasteiger partial charge in [0.05, 0.1) is 6.54 Å². The van der Waals surface area contributed by atoms with Gasteiger partial charge in [0.1, 0.15) is 12.4 Å². The van der Waals surface area contributed by atoms with Crippen LogP contribution in [-0.2, 0) is 4.79 Å². The average Bonchev–Trinajstić information content (AvgIpc) is 2.39. The van der Waals surface area contributed by atoms with Gasteiger partial charge in [-0.2, -0.15) is 0 Å². The molecule has 1 atom stereocenters. The highest BCUT2D eigenvalue weighted by Crippen LogP contribution is 2.20. The normalized spacial score (nSPS) is 12.9. The number of hydrogen-bond acceptors (Lipinski definition) is 3. The third-order valence-corrected chi connectivity index (χ3v) is 3.71. The van der Waals surface area contributed by atoms with Crippen LogP contribution in [0, 0.1) is 12.3 Å². The Balaban J connectivity index is 2.38. The van der Waals surface area contributed by atoms with E-state index >= 15 is 0 Å². The number of hydrogen-bond donors (Lipinski definition) is 1. The molecule has 4 nitrogen and oxygen atoms in total. The maximum Gasteiger partial charge on any atom is 0.224 e. The minimum atomic E-state index is -0.135. The van der Waals surface area contributed by atoms with Gasteiger partial charge in [0.2, 0.25) is 5.91 Å². The van der Waals surface area contributed by atoms with E-state index in [2.05, 4.69) is 0 Å². The Kier molecular flexibility index (Phi) is 6.21. The molecule has 0 bridgehead atoms. The quantitative estimate of drug-likeness (QED) is 0.877. The molecule has 2 N–H and O–H groups in total. The van der Waals surface area contributed by atoms with Crippen molar-refractivity contribution in [3.05, 3.63) is 29.8 Å². The molecule has 1 aromatic rings. The summed E-state index contributed by atoms with van der Waals surface area (Å²) in [6.45, 7) is 9.19. The smallest absolute Gasteiger partial charge is 0.224 e. The lowest BCUT2D eigenvalue weighted by atomic mass is 9.85. The zero-order valence-electron chi connectivity index (χ0n) is 13.8. The van der Waals surface area contributed by atoms with Crippen LogP contribution in [0.3, 0.4) is 0 Å². The maximum atomic E-state index is 12.1. The van der Waals surface area contributed by atoms with Crippen molar-refractivity contribution in [1.82, 2.24) is 4.90 Å². The molecule has 0 fully saturated rings. The number of nitrogens with zero attached hydrogens (tertiary/aromatic N) is 1. The standard InChI is InChI=1S/C17H28N2O2/c1-13-8-6-7-9-14(13)21-11-10-19(5)16(20)12-15(18)17(2,3)4/h6-9,15H,10-12,18H2,1-5H3. The minimum absolute atomic E-state index is 0.0609. The third-order valence-electron chi connectivity index (χ3n) is 3.71. The molecule has 0 aliphatic carbocycles. The van der Waals surface area contributed by atoms with Crippen LogP contribution >= 0.6 is 0 Å². The molecule has 0 radical (unpaired) electrons. The van der Waals surface area contributed by atoms with Crippen LogP contribution < -0.4 is 10.5 Å². The van der Waals surface area contributed by atoms with E-state index in [9.17, 15) is 4.79 Å². The van der Waals surface area contributed by atoms with Crippen LogP contribution in [-0.4, -0.2) is 37.0 Å². The Morgan fingerprint density at radius 2 is 1.95 bits per heavy atom. The molecule has 0 spiro atoms. The number of aryl methyl sites for hydroxylation is 1. The van der Waals surface area contributed by atoms with Crippen LogP contribution in [0.5, 0.6) is 5.75 Å². The van der Waals surface area contributed by atoms with Gasteiger partial charge in [-0.1, -0.05) is 39.0 Å². The minimum Gasteiger partial charge on any atom is -0.491 e. The molecule has 0 aromatic heterocycles. The molecule has 1 rings (SSSR count). The Hall–Kier alpha value is -1.55. The van der Waals surface area contributed by atoms with E-state index in [0.717, 1.165) is 11.3 Å². The van der Waals surface area contributed by atoms with Crippen LogP contribution in [0.15, 0.2) is 24.3 Å². The Labute approximate surface area is 128 Å². The SMILES string of the molecule is Cc1ccccc1OCCN(C)C(=O)CC(N)C(C)(C)C. The Bertz CT molecular complexity index is 466. The number of rotatable bonds is 6. The molecule has 0 aliphatic rings. The summed E-state index contributed by atoms with van der Waals surface area (Å²) in [5, 5.41) is 0. The van der Waals surface area contributed by atoms with Gasteiger partial charge < -0.3 is 15.4 Å². The second-order valence-electron chi connectivity index (χ2n) is 6.61. The number of ether oxygens (including phenoxy) is 1. The van der Waals surface area contributed by atoms with Crippen molar-refractivity contribution in [2.24, 2.45) is 11.1 Å². The lowest BCUT2D eigenvalue weighted by Crippen LogP contribution is -2.41. The van der Waals surface area contributed by atoms with E-state index in [4.69, 9.17) is 10.5 Å². The fourth-order valence-corrected chi connectivity index (χ4v) is 1.79. The van der Waals surface area contributed by atoms with E-state index in [0.29, 0.717) is 19.6 Å². The van der Waals surface area contributed by atoms with Crippen molar-refractivity contribution in [2.75, 3.05) is 20.2 Å². The maximum absolute atomic E-state index is 12.1. The third kappa shape index (κ3) is 5.76. The topological polar surface area (TPSA) is 55.6 Å². The Morgan fingerprint density at radius 1 is 1.33 bits per heavy atom. The van der Waals surface area contributed by atoms with Gasteiger partial charge in [-0.3, -0.25) is 4.79 Å². The summed E-state index contributed by atoms with van der Waals surface area (Å²) < 4.78 is 5.70. The van der Waals surface area contributed by atoms with Gasteiger partial charge in [-0.05, 0) is 24.0 Å². The number of benzene rings is 1. The molecule has 0 saturated heterocycles. The first kappa shape index (κ1) is 17.5. The number of likely N-dealkylation sites (N-methyl/N-ethyl adjacent to an activating group) is 1. The monoisotopic (exact) mass is 292 g/mol. The number of amides is 1. The van der Waals surface area contributed by atoms with Gasteiger partial charge in [-0.25, -0.2) is 0 Å². The lowest BCUT2D eigenvalue weighted by Gasteiger charge is -2.28. The summed E-state index contributed by atoms with van der Waals surface area (Å²) >= 11 is 0. The summed E-state index contributed by atoms with van der Waals surface area (Å²) in [4.78, 5) is 13.8. The first-order valence-electron chi connectivity index (χ1n) is 7.40. The number of nitrogens with two attached hydrogens (primary N) is 1. The highest BCUT2D eigenvalue weighted by Gasteiger charge is 2.24. The molecule has 0 aliphatic heterocycles. The summed E-state index contributed by atoms with van der Waals surface area (Å²) in [5.74, 6) is 0.926. The predicted octanol–water partition coefficient (Wildman–Crippen LogP) is 2.60. The lowest BCUT2D eigenvalue weighted by molar-refractivity contribution is -0.131. The van der Waals surface area contributed by atoms with Gasteiger partial charge in [-0.15, -0.1) is 0 Å². The first-order valence-corrected chi connectivity index (χ1v) is 7.40. The van der Waals surface area contributed by atoms with Gasteiger partial charge in [0.25, 0.3) is 0 Å². The van der Waals surface area contributed by atoms with Crippen molar-refractivity contribution in [3.63, 3.8) is 0 Å². The second kappa shape index (κ2) is 7.46. The Morgan fingerprint density at radius 3 is 2.52 bits per heavy atom. The van der Waals surface area contributed by atoms with E-state index < -0.39 is 0 Å². The largest absolute Gasteiger partial charge is 0.491 e. The molecule has 21 heavy (non-hydrogen) atoms. The molecule has 118 valence electrons. The number of para-hydroxylation sites is 1. The van der Waals surface area contributed by atoms with E-state index in [1.54, 1.807) is 11.9 Å². The molecule has 0 saturated carbocycles. The van der Waals surface area contributed by atoms with E-state index in [1.807, 2.05) is 52.0 Å². The zero-order chi connectivity index (χ0) is 16.0. The van der Waals surface area contributed by atoms with Crippen molar-refractivity contribution in [2.45, 2.75) is 40.2 Å². The van der Waals surface area contributed by atoms with Crippen molar-refractivity contribution in [1.29, 1.82) is 0 Å². The summed E-state index contributed by atoms with van der Waals surface area (Å²) in [7, 11) is 1.79. The summed E-state index contributed by atoms with van der Waals surface area (Å²) in [6.07, 6.45) is 0.365. The molecule has 1 amide bonds. The van der Waals surface area contributed by atoms with Crippen molar-refractivity contribution in [3.8, 4) is 5.75 Å². The molecule has 4 heteroatoms. The second-order valence-corrected chi connectivity index (χ2v) is 6.61. The predicted molar refractivity (Wildman–Crippen MR) is 86.4 cm³/mol. The fraction of sp³-hybridized carbons (Fsp3) is 0.588. The molecule has 0 heterocycles. The summed E-state index contributed by atoms with van der Waals surface area (Å²) in [5.41, 5.74) is 7.09. The van der Waals surface area contributed by atoms with Crippen molar-refractivity contribution < 1.29 is 9.53 Å². The first-order chi connectivity index (χ1) is 9.71. The van der Waals surface area contributed by atoms with Gasteiger partial charge in [0, 0.05) is 19.5 Å². The van der Waals surface area contributed by atoms with Crippen LogP contribution in [0.2, 0.25) is 0 Å². The molecule has 1 unspecified atom stereocenters. The number of carbonyl (C=O) groups excluding carboxylic acids is 1. The van der Waals surface area contributed by atoms with E-state index in [1.165, 1.54) is 0 Å². The van der Waals surface area contributed by atoms with Gasteiger partial charge in [0.15, 0.2) is 0 Å². The molecule has 1 aromatic carbocycles. The highest BCUT2D eigenvalue weighted by atomic mass is 16.5. The number of carbonyl (C=O) groups is 1. The highest BCUT2D eigenvalue weighted by molar-refractivity contribution is 5.76. The van der Waals surface area contributed by atoms with Crippen molar-refractivity contribution >= 4 is 5.91 Å².